The topological polar surface area (TPSA) is 93.0 Å². The second-order valence-corrected chi connectivity index (χ2v) is 4.85. The van der Waals surface area contributed by atoms with E-state index in [0.29, 0.717) is 18.1 Å². The molecule has 114 valence electrons. The molecule has 2 heterocycles. The molecule has 0 aliphatic heterocycles. The van der Waals surface area contributed by atoms with Gasteiger partial charge in [-0.3, -0.25) is 4.79 Å². The first-order chi connectivity index (χ1) is 10.8. The summed E-state index contributed by atoms with van der Waals surface area (Å²) in [5.74, 6) is 0.727. The highest BCUT2D eigenvalue weighted by Gasteiger charge is 2.10. The third-order valence-corrected chi connectivity index (χ3v) is 3.25. The van der Waals surface area contributed by atoms with Gasteiger partial charge in [0.25, 0.3) is 5.89 Å². The molecule has 2 aromatic heterocycles. The van der Waals surface area contributed by atoms with Crippen molar-refractivity contribution in [2.45, 2.75) is 19.6 Å². The second kappa shape index (κ2) is 6.40. The zero-order valence-electron chi connectivity index (χ0n) is 12.1. The van der Waals surface area contributed by atoms with Crippen LogP contribution >= 0.6 is 0 Å². The van der Waals surface area contributed by atoms with Crippen LogP contribution < -0.4 is 5.32 Å². The molecular formula is C15H16N4O3. The molecule has 0 fully saturated rings. The number of benzene rings is 1. The average Bonchev–Trinajstić information content (AvgIpc) is 3.13. The van der Waals surface area contributed by atoms with Gasteiger partial charge in [0.15, 0.2) is 5.82 Å². The van der Waals surface area contributed by atoms with E-state index in [1.807, 2.05) is 30.5 Å². The Balaban J connectivity index is 1.58. The Hall–Kier alpha value is -2.67. The lowest BCUT2D eigenvalue weighted by atomic mass is 10.1. The van der Waals surface area contributed by atoms with Gasteiger partial charge in [-0.05, 0) is 11.6 Å². The van der Waals surface area contributed by atoms with Crippen molar-refractivity contribution < 1.29 is 14.1 Å². The van der Waals surface area contributed by atoms with Crippen LogP contribution in [0.3, 0.4) is 0 Å². The van der Waals surface area contributed by atoms with Crippen molar-refractivity contribution in [3.05, 3.63) is 47.7 Å². The van der Waals surface area contributed by atoms with Crippen molar-refractivity contribution in [2.75, 3.05) is 7.11 Å². The monoisotopic (exact) mass is 300 g/mol. The fourth-order valence-electron chi connectivity index (χ4n) is 2.24. The van der Waals surface area contributed by atoms with Crippen LogP contribution in [0.4, 0.5) is 0 Å². The van der Waals surface area contributed by atoms with Gasteiger partial charge < -0.3 is 19.6 Å². The summed E-state index contributed by atoms with van der Waals surface area (Å²) in [5.41, 5.74) is 1.98. The van der Waals surface area contributed by atoms with Crippen molar-refractivity contribution in [1.29, 1.82) is 0 Å². The van der Waals surface area contributed by atoms with Gasteiger partial charge in [-0.1, -0.05) is 23.4 Å². The fraction of sp³-hybridized carbons (Fsp3) is 0.267. The van der Waals surface area contributed by atoms with Crippen molar-refractivity contribution in [1.82, 2.24) is 20.4 Å². The second-order valence-electron chi connectivity index (χ2n) is 4.85. The Labute approximate surface area is 126 Å². The van der Waals surface area contributed by atoms with Gasteiger partial charge in [0.2, 0.25) is 5.91 Å². The first kappa shape index (κ1) is 14.3. The summed E-state index contributed by atoms with van der Waals surface area (Å²) in [5, 5.41) is 7.60. The molecule has 7 nitrogen and oxygen atoms in total. The number of para-hydroxylation sites is 1. The SMILES string of the molecule is COCc1nc(CNC(=O)Cc2c[nH]c3ccccc23)no1. The lowest BCUT2D eigenvalue weighted by Gasteiger charge is -2.01. The Kier molecular flexibility index (Phi) is 4.15. The third-order valence-electron chi connectivity index (χ3n) is 3.25. The van der Waals surface area contributed by atoms with E-state index in [1.165, 1.54) is 0 Å². The number of nitrogens with one attached hydrogen (secondary N) is 2. The molecule has 1 amide bonds. The maximum Gasteiger partial charge on any atom is 0.252 e. The summed E-state index contributed by atoms with van der Waals surface area (Å²) in [6, 6.07) is 7.88. The highest BCUT2D eigenvalue weighted by Crippen LogP contribution is 2.17. The van der Waals surface area contributed by atoms with Crippen LogP contribution in [0, 0.1) is 0 Å². The highest BCUT2D eigenvalue weighted by molar-refractivity contribution is 5.88. The van der Waals surface area contributed by atoms with Gasteiger partial charge in [0.05, 0.1) is 13.0 Å². The van der Waals surface area contributed by atoms with Crippen molar-refractivity contribution in [3.8, 4) is 0 Å². The third kappa shape index (κ3) is 3.15. The normalized spacial score (nSPS) is 11.0. The van der Waals surface area contributed by atoms with Gasteiger partial charge in [-0.25, -0.2) is 0 Å². The van der Waals surface area contributed by atoms with Crippen molar-refractivity contribution in [3.63, 3.8) is 0 Å². The number of rotatable bonds is 6. The first-order valence-electron chi connectivity index (χ1n) is 6.88. The lowest BCUT2D eigenvalue weighted by Crippen LogP contribution is -2.25. The number of amides is 1. The summed E-state index contributed by atoms with van der Waals surface area (Å²) in [6.45, 7) is 0.491. The minimum atomic E-state index is -0.0946. The predicted octanol–water partition coefficient (Wildman–Crippen LogP) is 1.56. The number of aromatic amines is 1. The van der Waals surface area contributed by atoms with E-state index in [2.05, 4.69) is 20.4 Å². The largest absolute Gasteiger partial charge is 0.375 e. The van der Waals surface area contributed by atoms with Crippen LogP contribution in [0.25, 0.3) is 10.9 Å². The first-order valence-corrected chi connectivity index (χ1v) is 6.88. The summed E-state index contributed by atoms with van der Waals surface area (Å²) >= 11 is 0. The van der Waals surface area contributed by atoms with Gasteiger partial charge in [-0.15, -0.1) is 0 Å². The number of carbonyl (C=O) groups excluding carboxylic acids is 1. The molecular weight excluding hydrogens is 284 g/mol. The highest BCUT2D eigenvalue weighted by atomic mass is 16.5. The van der Waals surface area contributed by atoms with E-state index < -0.39 is 0 Å². The van der Waals surface area contributed by atoms with Crippen molar-refractivity contribution in [2.24, 2.45) is 0 Å². The van der Waals surface area contributed by atoms with Crippen LogP contribution in [0.5, 0.6) is 0 Å². The molecule has 3 aromatic rings. The van der Waals surface area contributed by atoms with E-state index in [-0.39, 0.29) is 19.1 Å². The maximum atomic E-state index is 12.0. The standard InChI is InChI=1S/C15H16N4O3/c1-21-9-15-18-13(19-22-15)8-17-14(20)6-10-7-16-12-5-3-2-4-11(10)12/h2-5,7,16H,6,8-9H2,1H3,(H,17,20). The van der Waals surface area contributed by atoms with E-state index in [0.717, 1.165) is 16.5 Å². The molecule has 0 unspecified atom stereocenters. The molecule has 22 heavy (non-hydrogen) atoms. The molecule has 0 radical (unpaired) electrons. The number of H-pyrrole nitrogens is 1. The Morgan fingerprint density at radius 2 is 2.27 bits per heavy atom. The molecule has 0 saturated carbocycles. The summed E-state index contributed by atoms with van der Waals surface area (Å²) < 4.78 is 9.85. The number of nitrogens with zero attached hydrogens (tertiary/aromatic N) is 2. The Morgan fingerprint density at radius 3 is 3.14 bits per heavy atom. The van der Waals surface area contributed by atoms with Crippen LogP contribution in [0.2, 0.25) is 0 Å². The van der Waals surface area contributed by atoms with Gasteiger partial charge in [-0.2, -0.15) is 4.98 Å². The van der Waals surface area contributed by atoms with Crippen LogP contribution in [0.15, 0.2) is 35.0 Å². The molecule has 3 rings (SSSR count). The summed E-state index contributed by atoms with van der Waals surface area (Å²) in [6.07, 6.45) is 2.15. The quantitative estimate of drug-likeness (QED) is 0.720. The molecule has 7 heteroatoms. The molecule has 2 N–H and O–H groups in total. The summed E-state index contributed by atoms with van der Waals surface area (Å²) in [7, 11) is 1.55. The average molecular weight is 300 g/mol. The number of fused-ring (bicyclic) bond motifs is 1. The van der Waals surface area contributed by atoms with E-state index >= 15 is 0 Å². The maximum absolute atomic E-state index is 12.0. The molecule has 0 atom stereocenters. The van der Waals surface area contributed by atoms with Crippen molar-refractivity contribution >= 4 is 16.8 Å². The smallest absolute Gasteiger partial charge is 0.252 e. The van der Waals surface area contributed by atoms with E-state index in [9.17, 15) is 4.79 Å². The van der Waals surface area contributed by atoms with Crippen LogP contribution in [0.1, 0.15) is 17.3 Å². The predicted molar refractivity (Wildman–Crippen MR) is 78.9 cm³/mol. The molecule has 0 aliphatic rings. The number of methoxy groups -OCH3 is 1. The number of hydrogen-bond acceptors (Lipinski definition) is 5. The molecule has 0 bridgehead atoms. The Morgan fingerprint density at radius 1 is 1.41 bits per heavy atom. The minimum Gasteiger partial charge on any atom is -0.375 e. The number of hydrogen-bond donors (Lipinski definition) is 2. The van der Waals surface area contributed by atoms with Crippen LogP contribution in [-0.2, 0) is 29.1 Å². The number of carbonyl (C=O) groups is 1. The fourth-order valence-corrected chi connectivity index (χ4v) is 2.24. The molecule has 0 aliphatic carbocycles. The van der Waals surface area contributed by atoms with E-state index in [1.54, 1.807) is 7.11 Å². The molecule has 1 aromatic carbocycles. The Bertz CT molecular complexity index is 778. The number of aromatic nitrogens is 3. The van der Waals surface area contributed by atoms with Crippen LogP contribution in [-0.4, -0.2) is 28.1 Å². The lowest BCUT2D eigenvalue weighted by molar-refractivity contribution is -0.120. The molecule has 0 saturated heterocycles. The number of ether oxygens (including phenoxy) is 1. The molecule has 0 spiro atoms. The van der Waals surface area contributed by atoms with Gasteiger partial charge >= 0.3 is 0 Å². The zero-order chi connectivity index (χ0) is 15.4. The zero-order valence-corrected chi connectivity index (χ0v) is 12.1. The van der Waals surface area contributed by atoms with Gasteiger partial charge in [0, 0.05) is 24.2 Å². The van der Waals surface area contributed by atoms with E-state index in [4.69, 9.17) is 9.26 Å². The summed E-state index contributed by atoms with van der Waals surface area (Å²) in [4.78, 5) is 19.3. The van der Waals surface area contributed by atoms with Gasteiger partial charge in [0.1, 0.15) is 6.61 Å². The minimum absolute atomic E-state index is 0.0946.